The van der Waals surface area contributed by atoms with Gasteiger partial charge >= 0.3 is 12.0 Å². The number of carboxylic acids is 1. The van der Waals surface area contributed by atoms with Crippen molar-refractivity contribution in [2.24, 2.45) is 12.0 Å². The SMILES string of the molecule is Cn1ccnc1C1N=C(c2ccc(C(=O)CC(=O)O)cc2OC(C)(C)C)N(C(=O)N2CCNC(=O)C2)C1c1ccc(Cl)cc1. The second-order valence-corrected chi connectivity index (χ2v) is 12.1. The zero-order valence-corrected chi connectivity index (χ0v) is 25.5. The molecule has 230 valence electrons. The molecule has 3 amide bonds. The van der Waals surface area contributed by atoms with Crippen LogP contribution in [0.5, 0.6) is 5.75 Å². The lowest BCUT2D eigenvalue weighted by Gasteiger charge is -2.36. The summed E-state index contributed by atoms with van der Waals surface area (Å²) in [6.45, 7) is 5.97. The van der Waals surface area contributed by atoms with Crippen LogP contribution in [0.1, 0.15) is 66.6 Å². The Balaban J connectivity index is 1.72. The first-order valence-electron chi connectivity index (χ1n) is 14.1. The van der Waals surface area contributed by atoms with Gasteiger partial charge in [-0.3, -0.25) is 24.3 Å². The number of aliphatic imine (C=N–C) groups is 1. The number of Topliss-reactive ketones (excluding diaryl/α,β-unsaturated/α-hetero) is 1. The number of hydrogen-bond donors (Lipinski definition) is 2. The first kappa shape index (κ1) is 30.7. The number of aryl methyl sites for hydroxylation is 1. The number of ether oxygens (including phenoxy) is 1. The summed E-state index contributed by atoms with van der Waals surface area (Å²) in [6, 6.07) is 9.92. The van der Waals surface area contributed by atoms with Crippen LogP contribution in [0.2, 0.25) is 5.02 Å². The first-order valence-corrected chi connectivity index (χ1v) is 14.4. The van der Waals surface area contributed by atoms with Gasteiger partial charge in [-0.05, 0) is 50.6 Å². The number of halogens is 1. The zero-order chi connectivity index (χ0) is 31.8. The van der Waals surface area contributed by atoms with Gasteiger partial charge < -0.3 is 24.6 Å². The number of amidine groups is 1. The van der Waals surface area contributed by atoms with Crippen molar-refractivity contribution in [3.8, 4) is 5.75 Å². The Bertz CT molecular complexity index is 1640. The molecule has 3 aromatic rings. The highest BCUT2D eigenvalue weighted by Crippen LogP contribution is 2.45. The van der Waals surface area contributed by atoms with Crippen molar-refractivity contribution in [1.29, 1.82) is 0 Å². The third kappa shape index (κ3) is 6.45. The number of carbonyl (C=O) groups is 4. The average molecular weight is 621 g/mol. The summed E-state index contributed by atoms with van der Waals surface area (Å²) in [5.74, 6) is -1.01. The number of carbonyl (C=O) groups excluding carboxylic acids is 3. The number of nitrogens with zero attached hydrogens (tertiary/aromatic N) is 5. The predicted octanol–water partition coefficient (Wildman–Crippen LogP) is 4.00. The third-order valence-electron chi connectivity index (χ3n) is 7.19. The van der Waals surface area contributed by atoms with Gasteiger partial charge in [-0.2, -0.15) is 0 Å². The third-order valence-corrected chi connectivity index (χ3v) is 7.44. The summed E-state index contributed by atoms with van der Waals surface area (Å²) < 4.78 is 8.13. The molecule has 2 aliphatic rings. The van der Waals surface area contributed by atoms with Crippen molar-refractivity contribution in [3.63, 3.8) is 0 Å². The van der Waals surface area contributed by atoms with E-state index in [4.69, 9.17) is 21.3 Å². The smallest absolute Gasteiger partial charge is 0.326 e. The van der Waals surface area contributed by atoms with Gasteiger partial charge in [-0.15, -0.1) is 0 Å². The molecule has 13 heteroatoms. The lowest BCUT2D eigenvalue weighted by atomic mass is 9.98. The molecule has 0 aliphatic carbocycles. The van der Waals surface area contributed by atoms with E-state index < -0.39 is 41.9 Å². The highest BCUT2D eigenvalue weighted by molar-refractivity contribution is 6.30. The molecular weight excluding hydrogens is 588 g/mol. The largest absolute Gasteiger partial charge is 0.487 e. The van der Waals surface area contributed by atoms with Crippen LogP contribution < -0.4 is 10.1 Å². The van der Waals surface area contributed by atoms with Crippen molar-refractivity contribution in [1.82, 2.24) is 24.7 Å². The average Bonchev–Trinajstić information content (AvgIpc) is 3.55. The topological polar surface area (TPSA) is 146 Å². The van der Waals surface area contributed by atoms with E-state index in [-0.39, 0.29) is 29.6 Å². The van der Waals surface area contributed by atoms with Crippen LogP contribution in [0.25, 0.3) is 0 Å². The number of carboxylic acid groups (broad SMARTS) is 1. The van der Waals surface area contributed by atoms with Crippen molar-refractivity contribution in [2.45, 2.75) is 44.9 Å². The second kappa shape index (κ2) is 12.1. The Morgan fingerprint density at radius 3 is 2.48 bits per heavy atom. The lowest BCUT2D eigenvalue weighted by Crippen LogP contribution is -2.55. The molecule has 2 atom stereocenters. The van der Waals surface area contributed by atoms with Crippen LogP contribution in [-0.2, 0) is 16.6 Å². The number of urea groups is 1. The zero-order valence-electron chi connectivity index (χ0n) is 24.8. The molecule has 3 heterocycles. The van der Waals surface area contributed by atoms with E-state index in [0.29, 0.717) is 29.5 Å². The summed E-state index contributed by atoms with van der Waals surface area (Å²) in [5.41, 5.74) is 0.575. The second-order valence-electron chi connectivity index (χ2n) is 11.6. The minimum atomic E-state index is -1.25. The molecule has 0 bridgehead atoms. The maximum absolute atomic E-state index is 14.5. The molecule has 2 N–H and O–H groups in total. The van der Waals surface area contributed by atoms with Gasteiger partial charge in [-0.1, -0.05) is 29.8 Å². The number of benzene rings is 2. The van der Waals surface area contributed by atoms with E-state index in [0.717, 1.165) is 5.56 Å². The highest BCUT2D eigenvalue weighted by atomic mass is 35.5. The van der Waals surface area contributed by atoms with Gasteiger partial charge in [0, 0.05) is 43.1 Å². The Morgan fingerprint density at radius 2 is 1.86 bits per heavy atom. The van der Waals surface area contributed by atoms with Crippen LogP contribution in [0.4, 0.5) is 4.79 Å². The molecule has 1 saturated heterocycles. The van der Waals surface area contributed by atoms with E-state index in [1.165, 1.54) is 17.0 Å². The fraction of sp³-hybridized carbons (Fsp3) is 0.355. The summed E-state index contributed by atoms with van der Waals surface area (Å²) in [6.07, 6.45) is 2.76. The molecule has 5 rings (SSSR count). The molecule has 2 unspecified atom stereocenters. The van der Waals surface area contributed by atoms with Crippen molar-refractivity contribution >= 4 is 41.1 Å². The number of ketones is 1. The van der Waals surface area contributed by atoms with Crippen LogP contribution in [-0.4, -0.2) is 79.2 Å². The Hall–Kier alpha value is -4.71. The molecule has 0 radical (unpaired) electrons. The van der Waals surface area contributed by atoms with E-state index >= 15 is 0 Å². The molecule has 44 heavy (non-hydrogen) atoms. The van der Waals surface area contributed by atoms with E-state index in [9.17, 15) is 24.3 Å². The number of rotatable bonds is 7. The van der Waals surface area contributed by atoms with E-state index in [2.05, 4.69) is 10.3 Å². The Kier molecular flexibility index (Phi) is 8.46. The highest BCUT2D eigenvalue weighted by Gasteiger charge is 2.46. The normalized spacial score (nSPS) is 18.6. The maximum Gasteiger partial charge on any atom is 0.326 e. The van der Waals surface area contributed by atoms with Crippen LogP contribution in [0.3, 0.4) is 0 Å². The molecule has 2 aliphatic heterocycles. The fourth-order valence-corrected chi connectivity index (χ4v) is 5.41. The fourth-order valence-electron chi connectivity index (χ4n) is 5.29. The number of aromatic nitrogens is 2. The van der Waals surface area contributed by atoms with Crippen LogP contribution in [0, 0.1) is 0 Å². The number of hydrogen-bond acceptors (Lipinski definition) is 7. The molecular formula is C31H33ClN6O6. The van der Waals surface area contributed by atoms with Gasteiger partial charge in [0.05, 0.1) is 11.6 Å². The molecule has 0 spiro atoms. The number of imidazole rings is 1. The molecule has 0 saturated carbocycles. The van der Waals surface area contributed by atoms with Crippen LogP contribution >= 0.6 is 11.6 Å². The number of aliphatic carboxylic acids is 1. The number of piperazine rings is 1. The number of nitrogens with one attached hydrogen (secondary N) is 1. The van der Waals surface area contributed by atoms with Gasteiger partial charge in [0.25, 0.3) is 0 Å². The number of amides is 3. The Morgan fingerprint density at radius 1 is 1.14 bits per heavy atom. The minimum Gasteiger partial charge on any atom is -0.487 e. The first-order chi connectivity index (χ1) is 20.8. The monoisotopic (exact) mass is 620 g/mol. The van der Waals surface area contributed by atoms with Crippen molar-refractivity contribution in [3.05, 3.63) is 82.4 Å². The lowest BCUT2D eigenvalue weighted by molar-refractivity contribution is -0.136. The van der Waals surface area contributed by atoms with Gasteiger partial charge in [-0.25, -0.2) is 9.78 Å². The maximum atomic E-state index is 14.5. The Labute approximate surface area is 259 Å². The minimum absolute atomic E-state index is 0.128. The quantitative estimate of drug-likeness (QED) is 0.300. The van der Waals surface area contributed by atoms with Gasteiger partial charge in [0.15, 0.2) is 5.78 Å². The van der Waals surface area contributed by atoms with Gasteiger partial charge in [0.2, 0.25) is 5.91 Å². The summed E-state index contributed by atoms with van der Waals surface area (Å²) in [4.78, 5) is 63.5. The van der Waals surface area contributed by atoms with Crippen molar-refractivity contribution < 1.29 is 29.0 Å². The van der Waals surface area contributed by atoms with E-state index in [1.807, 2.05) is 44.5 Å². The standard InChI is InChI=1S/C31H33ClN6O6/c1-31(2,3)44-23-15-19(22(39)16-25(41)42)7-10-21(23)28-35-26(29-34-11-13-36(29)4)27(18-5-8-20(32)9-6-18)38(28)30(43)37-14-12-33-24(40)17-37/h5-11,13,15,26-27H,12,14,16-17H2,1-4H3,(H,33,40)(H,41,42). The molecule has 1 aromatic heterocycles. The van der Waals surface area contributed by atoms with Gasteiger partial charge in [0.1, 0.15) is 42.0 Å². The molecule has 12 nitrogen and oxygen atoms in total. The summed E-state index contributed by atoms with van der Waals surface area (Å²) >= 11 is 6.24. The molecule has 1 fully saturated rings. The van der Waals surface area contributed by atoms with Crippen LogP contribution in [0.15, 0.2) is 59.9 Å². The van der Waals surface area contributed by atoms with E-state index in [1.54, 1.807) is 35.5 Å². The summed E-state index contributed by atoms with van der Waals surface area (Å²) in [5, 5.41) is 12.5. The van der Waals surface area contributed by atoms with Crippen molar-refractivity contribution in [2.75, 3.05) is 19.6 Å². The molecule has 2 aromatic carbocycles. The predicted molar refractivity (Wildman–Crippen MR) is 162 cm³/mol. The summed E-state index contributed by atoms with van der Waals surface area (Å²) in [7, 11) is 1.84.